The number of aromatic amines is 1. The maximum Gasteiger partial charge on any atom is 0.165 e. The Hall–Kier alpha value is -1.37. The van der Waals surface area contributed by atoms with Crippen molar-refractivity contribution in [3.05, 3.63) is 36.3 Å². The van der Waals surface area contributed by atoms with Crippen LogP contribution in [-0.4, -0.2) is 40.6 Å². The Morgan fingerprint density at radius 3 is 2.84 bits per heavy atom. The number of benzene rings is 1. The number of methoxy groups -OCH3 is 1. The van der Waals surface area contributed by atoms with Crippen LogP contribution in [-0.2, 0) is 4.74 Å². The monoisotopic (exact) mass is 282 g/mol. The summed E-state index contributed by atoms with van der Waals surface area (Å²) in [5, 5.41) is 10.3. The number of aromatic nitrogens is 2. The van der Waals surface area contributed by atoms with E-state index in [2.05, 4.69) is 9.97 Å². The topological polar surface area (TPSA) is 58.1 Å². The molecule has 2 rings (SSSR count). The molecule has 0 aliphatic rings. The molecule has 0 bridgehead atoms. The number of thioether (sulfide) groups is 1. The van der Waals surface area contributed by atoms with Gasteiger partial charge in [-0.05, 0) is 29.8 Å². The quantitative estimate of drug-likeness (QED) is 0.798. The summed E-state index contributed by atoms with van der Waals surface area (Å²) in [5.74, 6) is 0.241. The van der Waals surface area contributed by atoms with Crippen molar-refractivity contribution < 1.29 is 14.2 Å². The first-order chi connectivity index (χ1) is 9.19. The third kappa shape index (κ3) is 4.05. The number of aliphatic hydroxyl groups excluding tert-OH is 1. The van der Waals surface area contributed by atoms with Crippen molar-refractivity contribution in [1.29, 1.82) is 0 Å². The number of nitrogens with zero attached hydrogens (tertiary/aromatic N) is 1. The molecule has 0 unspecified atom stereocenters. The van der Waals surface area contributed by atoms with E-state index < -0.39 is 6.10 Å². The van der Waals surface area contributed by atoms with Crippen LogP contribution in [0.5, 0.6) is 0 Å². The largest absolute Gasteiger partial charge is 0.390 e. The average molecular weight is 282 g/mol. The molecule has 0 aliphatic heterocycles. The molecule has 1 aromatic heterocycles. The molecule has 2 N–H and O–H groups in total. The standard InChI is InChI=1S/C13H15FN2O2S/c1-18-7-11(17)8-19-13-15-6-12(16-13)9-2-4-10(14)5-3-9/h2-6,11,17H,7-8H2,1H3,(H,15,16)/t11-/m1/s1. The number of nitrogens with one attached hydrogen (secondary N) is 1. The number of halogens is 1. The molecule has 1 atom stereocenters. The number of imidazole rings is 1. The molecule has 1 aromatic carbocycles. The van der Waals surface area contributed by atoms with Gasteiger partial charge in [0.2, 0.25) is 0 Å². The lowest BCUT2D eigenvalue weighted by Gasteiger charge is -2.06. The zero-order chi connectivity index (χ0) is 13.7. The first kappa shape index (κ1) is 14.0. The van der Waals surface area contributed by atoms with Gasteiger partial charge in [0, 0.05) is 12.9 Å². The second-order valence-corrected chi connectivity index (χ2v) is 5.04. The number of hydrogen-bond acceptors (Lipinski definition) is 4. The Morgan fingerprint density at radius 2 is 2.16 bits per heavy atom. The van der Waals surface area contributed by atoms with E-state index in [1.807, 2.05) is 0 Å². The van der Waals surface area contributed by atoms with Crippen LogP contribution in [0.3, 0.4) is 0 Å². The Balaban J connectivity index is 1.97. The lowest BCUT2D eigenvalue weighted by atomic mass is 10.2. The zero-order valence-electron chi connectivity index (χ0n) is 10.5. The molecule has 0 amide bonds. The minimum absolute atomic E-state index is 0.263. The van der Waals surface area contributed by atoms with Gasteiger partial charge in [0.15, 0.2) is 5.16 Å². The van der Waals surface area contributed by atoms with Crippen LogP contribution in [0.4, 0.5) is 4.39 Å². The maximum absolute atomic E-state index is 12.8. The molecule has 0 saturated carbocycles. The van der Waals surface area contributed by atoms with Gasteiger partial charge in [-0.2, -0.15) is 0 Å². The van der Waals surface area contributed by atoms with E-state index in [0.717, 1.165) is 16.4 Å². The summed E-state index contributed by atoms with van der Waals surface area (Å²) in [6.07, 6.45) is 1.17. The molecule has 0 spiro atoms. The highest BCUT2D eigenvalue weighted by atomic mass is 32.2. The van der Waals surface area contributed by atoms with Crippen LogP contribution in [0.1, 0.15) is 0 Å². The number of aliphatic hydroxyl groups is 1. The van der Waals surface area contributed by atoms with Gasteiger partial charge >= 0.3 is 0 Å². The molecule has 1 heterocycles. The van der Waals surface area contributed by atoms with E-state index >= 15 is 0 Å². The lowest BCUT2D eigenvalue weighted by molar-refractivity contribution is 0.0794. The fraction of sp³-hybridized carbons (Fsp3) is 0.308. The number of hydrogen-bond donors (Lipinski definition) is 2. The van der Waals surface area contributed by atoms with Gasteiger partial charge < -0.3 is 14.8 Å². The third-order valence-corrected chi connectivity index (χ3v) is 3.51. The van der Waals surface area contributed by atoms with Gasteiger partial charge in [-0.15, -0.1) is 0 Å². The summed E-state index contributed by atoms with van der Waals surface area (Å²) in [7, 11) is 1.55. The summed E-state index contributed by atoms with van der Waals surface area (Å²) >= 11 is 1.42. The summed E-state index contributed by atoms with van der Waals surface area (Å²) in [6, 6.07) is 6.20. The molecule has 4 nitrogen and oxygen atoms in total. The summed E-state index contributed by atoms with van der Waals surface area (Å²) < 4.78 is 17.7. The fourth-order valence-corrected chi connectivity index (χ4v) is 2.32. The number of rotatable bonds is 6. The van der Waals surface area contributed by atoms with Gasteiger partial charge in [0.1, 0.15) is 5.82 Å². The van der Waals surface area contributed by atoms with Crippen molar-refractivity contribution in [2.24, 2.45) is 0 Å². The van der Waals surface area contributed by atoms with Crippen LogP contribution in [0, 0.1) is 5.82 Å². The maximum atomic E-state index is 12.8. The van der Waals surface area contributed by atoms with Crippen LogP contribution >= 0.6 is 11.8 Å². The SMILES string of the molecule is COC[C@@H](O)CSc1ncc(-c2ccc(F)cc2)[nH]1. The predicted molar refractivity (Wildman–Crippen MR) is 72.6 cm³/mol. The second-order valence-electron chi connectivity index (χ2n) is 4.03. The van der Waals surface area contributed by atoms with Crippen molar-refractivity contribution in [2.75, 3.05) is 19.5 Å². The Labute approximate surface area is 115 Å². The first-order valence-corrected chi connectivity index (χ1v) is 6.78. The molecule has 2 aromatic rings. The molecule has 0 radical (unpaired) electrons. The smallest absolute Gasteiger partial charge is 0.165 e. The van der Waals surface area contributed by atoms with E-state index in [9.17, 15) is 9.50 Å². The van der Waals surface area contributed by atoms with E-state index in [1.165, 1.54) is 23.9 Å². The van der Waals surface area contributed by atoms with E-state index in [-0.39, 0.29) is 5.82 Å². The highest BCUT2D eigenvalue weighted by Crippen LogP contribution is 2.22. The second kappa shape index (κ2) is 6.70. The Bertz CT molecular complexity index is 516. The molecule has 102 valence electrons. The fourth-order valence-electron chi connectivity index (χ4n) is 1.57. The minimum Gasteiger partial charge on any atom is -0.390 e. The number of ether oxygens (including phenoxy) is 1. The molecule has 6 heteroatoms. The van der Waals surface area contributed by atoms with Crippen LogP contribution in [0.2, 0.25) is 0 Å². The van der Waals surface area contributed by atoms with Gasteiger partial charge in [0.05, 0.1) is 24.6 Å². The summed E-state index contributed by atoms with van der Waals surface area (Å²) in [4.78, 5) is 7.33. The van der Waals surface area contributed by atoms with E-state index in [1.54, 1.807) is 25.4 Å². The van der Waals surface area contributed by atoms with Crippen LogP contribution < -0.4 is 0 Å². The van der Waals surface area contributed by atoms with Crippen molar-refractivity contribution in [3.8, 4) is 11.3 Å². The van der Waals surface area contributed by atoms with Gasteiger partial charge in [0.25, 0.3) is 0 Å². The average Bonchev–Trinajstić information content (AvgIpc) is 2.86. The molecule has 0 fully saturated rings. The van der Waals surface area contributed by atoms with Crippen molar-refractivity contribution >= 4 is 11.8 Å². The van der Waals surface area contributed by atoms with Crippen molar-refractivity contribution in [3.63, 3.8) is 0 Å². The normalized spacial score (nSPS) is 12.6. The Morgan fingerprint density at radius 1 is 1.42 bits per heavy atom. The Kier molecular flexibility index (Phi) is 4.95. The third-order valence-electron chi connectivity index (χ3n) is 2.48. The van der Waals surface area contributed by atoms with Gasteiger partial charge in [-0.1, -0.05) is 11.8 Å². The molecule has 19 heavy (non-hydrogen) atoms. The molecule has 0 aliphatic carbocycles. The van der Waals surface area contributed by atoms with Crippen LogP contribution in [0.25, 0.3) is 11.3 Å². The molecular formula is C13H15FN2O2S. The first-order valence-electron chi connectivity index (χ1n) is 5.80. The van der Waals surface area contributed by atoms with Crippen LogP contribution in [0.15, 0.2) is 35.6 Å². The van der Waals surface area contributed by atoms with Crippen molar-refractivity contribution in [2.45, 2.75) is 11.3 Å². The van der Waals surface area contributed by atoms with E-state index in [0.29, 0.717) is 12.4 Å². The molecule has 0 saturated heterocycles. The zero-order valence-corrected chi connectivity index (χ0v) is 11.3. The summed E-state index contributed by atoms with van der Waals surface area (Å²) in [6.45, 7) is 0.304. The predicted octanol–water partition coefficient (Wildman–Crippen LogP) is 2.32. The lowest BCUT2D eigenvalue weighted by Crippen LogP contribution is -2.16. The highest BCUT2D eigenvalue weighted by molar-refractivity contribution is 7.99. The van der Waals surface area contributed by atoms with Gasteiger partial charge in [-0.3, -0.25) is 0 Å². The van der Waals surface area contributed by atoms with Gasteiger partial charge in [-0.25, -0.2) is 9.37 Å². The van der Waals surface area contributed by atoms with E-state index in [4.69, 9.17) is 4.74 Å². The van der Waals surface area contributed by atoms with Crippen molar-refractivity contribution in [1.82, 2.24) is 9.97 Å². The number of H-pyrrole nitrogens is 1. The highest BCUT2D eigenvalue weighted by Gasteiger charge is 2.08. The molecular weight excluding hydrogens is 267 g/mol. The summed E-state index contributed by atoms with van der Waals surface area (Å²) in [5.41, 5.74) is 1.70. The minimum atomic E-state index is -0.519.